The molecular weight excluding hydrogens is 300 g/mol. The predicted molar refractivity (Wildman–Crippen MR) is 99.0 cm³/mol. The van der Waals surface area contributed by atoms with Crippen LogP contribution in [0.5, 0.6) is 5.75 Å². The van der Waals surface area contributed by atoms with E-state index in [0.29, 0.717) is 19.1 Å². The number of nitrogens with one attached hydrogen (secondary N) is 2. The molecule has 0 aromatic heterocycles. The predicted octanol–water partition coefficient (Wildman–Crippen LogP) is 4.63. The topological polar surface area (TPSA) is 50.4 Å². The number of aryl methyl sites for hydroxylation is 2. The number of hydrogen-bond donors (Lipinski definition) is 2. The number of benzene rings is 2. The Morgan fingerprint density at radius 2 is 1.75 bits per heavy atom. The number of ether oxygens (including phenoxy) is 1. The molecule has 24 heavy (non-hydrogen) atoms. The van der Waals surface area contributed by atoms with Gasteiger partial charge in [0.15, 0.2) is 0 Å². The second kappa shape index (κ2) is 8.39. The van der Waals surface area contributed by atoms with Gasteiger partial charge >= 0.3 is 6.03 Å². The van der Waals surface area contributed by atoms with Gasteiger partial charge in [-0.3, -0.25) is 0 Å². The highest BCUT2D eigenvalue weighted by Crippen LogP contribution is 2.17. The molecule has 0 heterocycles. The van der Waals surface area contributed by atoms with Gasteiger partial charge in [0.25, 0.3) is 0 Å². The van der Waals surface area contributed by atoms with Crippen molar-refractivity contribution < 1.29 is 9.53 Å². The lowest BCUT2D eigenvalue weighted by atomic mass is 10.0. The van der Waals surface area contributed by atoms with Crippen LogP contribution in [0.2, 0.25) is 0 Å². The van der Waals surface area contributed by atoms with E-state index >= 15 is 0 Å². The summed E-state index contributed by atoms with van der Waals surface area (Å²) in [5.41, 5.74) is 4.47. The molecule has 0 radical (unpaired) electrons. The van der Waals surface area contributed by atoms with Gasteiger partial charge in [-0.15, -0.1) is 0 Å². The van der Waals surface area contributed by atoms with Crippen LogP contribution in [-0.2, 0) is 0 Å². The Bertz CT molecular complexity index is 679. The number of carbonyl (C=O) groups excluding carboxylic acids is 1. The number of urea groups is 1. The minimum absolute atomic E-state index is 0.226. The quantitative estimate of drug-likeness (QED) is 0.761. The Labute approximate surface area is 144 Å². The first-order valence-corrected chi connectivity index (χ1v) is 8.30. The molecule has 4 heteroatoms. The fourth-order valence-electron chi connectivity index (χ4n) is 2.26. The first-order valence-electron chi connectivity index (χ1n) is 8.30. The minimum atomic E-state index is -0.226. The molecule has 2 amide bonds. The highest BCUT2D eigenvalue weighted by Gasteiger charge is 2.03. The van der Waals surface area contributed by atoms with E-state index in [1.807, 2.05) is 42.5 Å². The second-order valence-electron chi connectivity index (χ2n) is 6.25. The number of hydrogen-bond acceptors (Lipinski definition) is 2. The lowest BCUT2D eigenvalue weighted by molar-refractivity contribution is 0.247. The lowest BCUT2D eigenvalue weighted by Gasteiger charge is -2.11. The molecule has 128 valence electrons. The van der Waals surface area contributed by atoms with Crippen molar-refractivity contribution in [2.45, 2.75) is 33.6 Å². The largest absolute Gasteiger partial charge is 0.492 e. The van der Waals surface area contributed by atoms with E-state index in [1.54, 1.807) is 0 Å². The summed E-state index contributed by atoms with van der Waals surface area (Å²) >= 11 is 0. The molecule has 0 unspecified atom stereocenters. The monoisotopic (exact) mass is 326 g/mol. The van der Waals surface area contributed by atoms with Crippen molar-refractivity contribution in [2.24, 2.45) is 0 Å². The molecule has 2 aromatic rings. The molecule has 0 fully saturated rings. The van der Waals surface area contributed by atoms with Gasteiger partial charge in [0.05, 0.1) is 6.54 Å². The molecular formula is C20H26N2O2. The Kier molecular flexibility index (Phi) is 6.24. The van der Waals surface area contributed by atoms with Crippen molar-refractivity contribution in [1.29, 1.82) is 0 Å². The van der Waals surface area contributed by atoms with Crippen molar-refractivity contribution in [2.75, 3.05) is 18.5 Å². The third kappa shape index (κ3) is 5.30. The number of rotatable bonds is 6. The Morgan fingerprint density at radius 1 is 1.04 bits per heavy atom. The summed E-state index contributed by atoms with van der Waals surface area (Å²) in [6, 6.07) is 13.7. The van der Waals surface area contributed by atoms with Crippen molar-refractivity contribution in [3.05, 3.63) is 59.2 Å². The van der Waals surface area contributed by atoms with Crippen molar-refractivity contribution in [3.8, 4) is 5.75 Å². The number of anilines is 1. The van der Waals surface area contributed by atoms with Gasteiger partial charge in [0.2, 0.25) is 0 Å². The summed E-state index contributed by atoms with van der Waals surface area (Å²) in [5.74, 6) is 1.31. The van der Waals surface area contributed by atoms with Crippen LogP contribution >= 0.6 is 0 Å². The number of carbonyl (C=O) groups is 1. The summed E-state index contributed by atoms with van der Waals surface area (Å²) < 4.78 is 5.64. The smallest absolute Gasteiger partial charge is 0.319 e. The van der Waals surface area contributed by atoms with Crippen LogP contribution in [-0.4, -0.2) is 19.2 Å². The molecule has 0 bridgehead atoms. The summed E-state index contributed by atoms with van der Waals surface area (Å²) in [5, 5.41) is 5.61. The zero-order valence-corrected chi connectivity index (χ0v) is 14.8. The molecule has 0 aliphatic heterocycles. The van der Waals surface area contributed by atoms with Crippen LogP contribution < -0.4 is 15.4 Å². The van der Waals surface area contributed by atoms with Gasteiger partial charge in [-0.05, 0) is 60.7 Å². The first-order chi connectivity index (χ1) is 11.5. The zero-order valence-electron chi connectivity index (χ0n) is 14.8. The van der Waals surface area contributed by atoms with Crippen molar-refractivity contribution in [3.63, 3.8) is 0 Å². The Balaban J connectivity index is 1.72. The maximum absolute atomic E-state index is 11.9. The van der Waals surface area contributed by atoms with Gasteiger partial charge in [-0.2, -0.15) is 0 Å². The molecule has 0 saturated carbocycles. The van der Waals surface area contributed by atoms with E-state index in [4.69, 9.17) is 4.74 Å². The average Bonchev–Trinajstić information content (AvgIpc) is 2.55. The summed E-state index contributed by atoms with van der Waals surface area (Å²) in [7, 11) is 0. The van der Waals surface area contributed by atoms with Crippen LogP contribution in [0.15, 0.2) is 42.5 Å². The average molecular weight is 326 g/mol. The van der Waals surface area contributed by atoms with Crippen LogP contribution in [0.25, 0.3) is 0 Å². The van der Waals surface area contributed by atoms with Crippen LogP contribution in [0, 0.1) is 13.8 Å². The number of amides is 2. The van der Waals surface area contributed by atoms with Gasteiger partial charge in [-0.25, -0.2) is 4.79 Å². The molecule has 4 nitrogen and oxygen atoms in total. The van der Waals surface area contributed by atoms with E-state index in [2.05, 4.69) is 38.3 Å². The maximum Gasteiger partial charge on any atom is 0.319 e. The normalized spacial score (nSPS) is 10.5. The van der Waals surface area contributed by atoms with E-state index in [0.717, 1.165) is 11.4 Å². The van der Waals surface area contributed by atoms with Gasteiger partial charge < -0.3 is 15.4 Å². The van der Waals surface area contributed by atoms with Crippen LogP contribution in [0.1, 0.15) is 36.5 Å². The molecule has 0 aliphatic carbocycles. The second-order valence-corrected chi connectivity index (χ2v) is 6.25. The summed E-state index contributed by atoms with van der Waals surface area (Å²) in [6.45, 7) is 9.29. The van der Waals surface area contributed by atoms with Gasteiger partial charge in [-0.1, -0.05) is 32.0 Å². The minimum Gasteiger partial charge on any atom is -0.492 e. The van der Waals surface area contributed by atoms with E-state index in [1.165, 1.54) is 16.7 Å². The van der Waals surface area contributed by atoms with Crippen molar-refractivity contribution in [1.82, 2.24) is 5.32 Å². The Morgan fingerprint density at radius 3 is 2.38 bits per heavy atom. The molecule has 2 rings (SSSR count). The maximum atomic E-state index is 11.9. The van der Waals surface area contributed by atoms with E-state index in [-0.39, 0.29) is 6.03 Å². The molecule has 0 spiro atoms. The highest BCUT2D eigenvalue weighted by molar-refractivity contribution is 5.89. The third-order valence-electron chi connectivity index (χ3n) is 3.97. The fourth-order valence-corrected chi connectivity index (χ4v) is 2.26. The summed E-state index contributed by atoms with van der Waals surface area (Å²) in [4.78, 5) is 11.9. The molecule has 0 aliphatic rings. The third-order valence-corrected chi connectivity index (χ3v) is 3.97. The lowest BCUT2D eigenvalue weighted by Crippen LogP contribution is -2.32. The molecule has 2 N–H and O–H groups in total. The van der Waals surface area contributed by atoms with Gasteiger partial charge in [0.1, 0.15) is 12.4 Å². The van der Waals surface area contributed by atoms with Crippen LogP contribution in [0.4, 0.5) is 10.5 Å². The van der Waals surface area contributed by atoms with E-state index < -0.39 is 0 Å². The first kappa shape index (κ1) is 17.9. The summed E-state index contributed by atoms with van der Waals surface area (Å²) in [6.07, 6.45) is 0. The van der Waals surface area contributed by atoms with Crippen molar-refractivity contribution >= 4 is 11.7 Å². The Hall–Kier alpha value is -2.49. The van der Waals surface area contributed by atoms with E-state index in [9.17, 15) is 4.79 Å². The van der Waals surface area contributed by atoms with Gasteiger partial charge in [0, 0.05) is 5.69 Å². The zero-order chi connectivity index (χ0) is 17.5. The standard InChI is InChI=1S/C20H26N2O2/c1-14(2)17-6-8-18(9-7-17)22-20(23)21-11-12-24-19-10-5-15(3)16(4)13-19/h5-10,13-14H,11-12H2,1-4H3,(H2,21,22,23). The molecule has 0 atom stereocenters. The fraction of sp³-hybridized carbons (Fsp3) is 0.350. The molecule has 2 aromatic carbocycles. The SMILES string of the molecule is Cc1ccc(OCCNC(=O)Nc2ccc(C(C)C)cc2)cc1C. The van der Waals surface area contributed by atoms with Crippen LogP contribution in [0.3, 0.4) is 0 Å². The highest BCUT2D eigenvalue weighted by atomic mass is 16.5. The molecule has 0 saturated heterocycles.